The van der Waals surface area contributed by atoms with E-state index in [1.807, 2.05) is 0 Å². The topological polar surface area (TPSA) is 78.9 Å². The molecule has 1 unspecified atom stereocenters. The highest BCUT2D eigenvalue weighted by Gasteiger charge is 2.19. The molecule has 0 fully saturated rings. The minimum Gasteiger partial charge on any atom is -0.462 e. The third-order valence-corrected chi connectivity index (χ3v) is 14.6. The highest BCUT2D eigenvalue weighted by Crippen LogP contribution is 2.17. The molecule has 0 aliphatic heterocycles. The molecule has 0 amide bonds. The molecule has 0 aromatic rings. The van der Waals surface area contributed by atoms with Gasteiger partial charge in [-0.3, -0.25) is 14.4 Å². The summed E-state index contributed by atoms with van der Waals surface area (Å²) < 4.78 is 16.9. The largest absolute Gasteiger partial charge is 0.462 e. The van der Waals surface area contributed by atoms with Crippen LogP contribution in [0, 0.1) is 0 Å². The van der Waals surface area contributed by atoms with E-state index in [1.54, 1.807) is 0 Å². The molecule has 0 heterocycles. The lowest BCUT2D eigenvalue weighted by Crippen LogP contribution is -2.30. The van der Waals surface area contributed by atoms with Crippen molar-refractivity contribution in [2.75, 3.05) is 13.2 Å². The fourth-order valence-corrected chi connectivity index (χ4v) is 9.56. The third-order valence-electron chi connectivity index (χ3n) is 14.6. The second kappa shape index (κ2) is 66.8. The van der Waals surface area contributed by atoms with Gasteiger partial charge in [-0.2, -0.15) is 0 Å². The molecule has 0 saturated carbocycles. The molecule has 6 nitrogen and oxygen atoms in total. The van der Waals surface area contributed by atoms with Crippen LogP contribution in [0.1, 0.15) is 329 Å². The molecule has 6 heteroatoms. The van der Waals surface area contributed by atoms with Crippen molar-refractivity contribution in [3.05, 3.63) is 97.2 Å². The van der Waals surface area contributed by atoms with Gasteiger partial charge in [0.1, 0.15) is 13.2 Å². The van der Waals surface area contributed by atoms with Gasteiger partial charge in [0.15, 0.2) is 6.10 Å². The summed E-state index contributed by atoms with van der Waals surface area (Å²) in [6, 6.07) is 0. The summed E-state index contributed by atoms with van der Waals surface area (Å²) in [6.45, 7) is 6.42. The predicted octanol–water partition coefficient (Wildman–Crippen LogP) is 23.2. The van der Waals surface area contributed by atoms with Crippen LogP contribution in [0.2, 0.25) is 0 Å². The van der Waals surface area contributed by atoms with Crippen molar-refractivity contribution in [1.29, 1.82) is 0 Å². The molecular formula is C73H126O6. The van der Waals surface area contributed by atoms with Gasteiger partial charge in [0.2, 0.25) is 0 Å². The quantitative estimate of drug-likeness (QED) is 0.0261. The molecule has 79 heavy (non-hydrogen) atoms. The van der Waals surface area contributed by atoms with E-state index >= 15 is 0 Å². The van der Waals surface area contributed by atoms with E-state index in [1.165, 1.54) is 173 Å². The molecule has 0 aromatic carbocycles. The van der Waals surface area contributed by atoms with Gasteiger partial charge in [-0.05, 0) is 116 Å². The van der Waals surface area contributed by atoms with Crippen LogP contribution in [-0.4, -0.2) is 37.2 Å². The molecule has 454 valence electrons. The Kier molecular flexibility index (Phi) is 63.7. The normalized spacial score (nSPS) is 12.7. The first-order valence-corrected chi connectivity index (χ1v) is 33.7. The van der Waals surface area contributed by atoms with Crippen molar-refractivity contribution >= 4 is 17.9 Å². The van der Waals surface area contributed by atoms with E-state index in [4.69, 9.17) is 14.2 Å². The van der Waals surface area contributed by atoms with Crippen molar-refractivity contribution in [2.45, 2.75) is 335 Å². The summed E-state index contributed by atoms with van der Waals surface area (Å²) in [5.41, 5.74) is 0. The van der Waals surface area contributed by atoms with Crippen LogP contribution in [0.3, 0.4) is 0 Å². The summed E-state index contributed by atoms with van der Waals surface area (Å²) in [7, 11) is 0. The average Bonchev–Trinajstić information content (AvgIpc) is 3.45. The Morgan fingerprint density at radius 1 is 0.266 bits per heavy atom. The zero-order chi connectivity index (χ0) is 57.1. The number of ether oxygens (including phenoxy) is 3. The average molecular weight is 1100 g/mol. The lowest BCUT2D eigenvalue weighted by atomic mass is 10.0. The SMILES string of the molecule is CC/C=C\C/C=C\C/C=C\C/C=C\CCCCCCCCCCCCCCCCCCCCC(=O)OCC(COC(=O)CCCCCCC/C=C\CCCCCC)OC(=O)CCCCCCCCC/C=C\C/C=C\C/C=C\CC. The minimum absolute atomic E-state index is 0.0812. The van der Waals surface area contributed by atoms with Crippen LogP contribution in [0.25, 0.3) is 0 Å². The second-order valence-corrected chi connectivity index (χ2v) is 22.3. The molecule has 0 aliphatic rings. The Morgan fingerprint density at radius 2 is 0.494 bits per heavy atom. The monoisotopic (exact) mass is 1100 g/mol. The molecule has 1 atom stereocenters. The van der Waals surface area contributed by atoms with Crippen molar-refractivity contribution in [3.8, 4) is 0 Å². The van der Waals surface area contributed by atoms with Crippen molar-refractivity contribution in [3.63, 3.8) is 0 Å². The zero-order valence-electron chi connectivity index (χ0n) is 52.1. The third kappa shape index (κ3) is 65.0. The fraction of sp³-hybridized carbons (Fsp3) is 0.740. The first-order chi connectivity index (χ1) is 39.0. The van der Waals surface area contributed by atoms with Crippen LogP contribution >= 0.6 is 0 Å². The smallest absolute Gasteiger partial charge is 0.306 e. The van der Waals surface area contributed by atoms with E-state index in [-0.39, 0.29) is 31.1 Å². The number of carbonyl (C=O) groups excluding carboxylic acids is 3. The van der Waals surface area contributed by atoms with Crippen LogP contribution in [0.15, 0.2) is 97.2 Å². The first-order valence-electron chi connectivity index (χ1n) is 33.7. The maximum Gasteiger partial charge on any atom is 0.306 e. The summed E-state index contributed by atoms with van der Waals surface area (Å²) in [6.07, 6.45) is 90.0. The highest BCUT2D eigenvalue weighted by atomic mass is 16.6. The number of unbranched alkanes of at least 4 members (excludes halogenated alkanes) is 34. The number of hydrogen-bond acceptors (Lipinski definition) is 6. The van der Waals surface area contributed by atoms with Crippen LogP contribution in [0.4, 0.5) is 0 Å². The maximum atomic E-state index is 12.9. The fourth-order valence-electron chi connectivity index (χ4n) is 9.56. The van der Waals surface area contributed by atoms with Crippen LogP contribution in [-0.2, 0) is 28.6 Å². The van der Waals surface area contributed by atoms with Gasteiger partial charge in [-0.1, -0.05) is 291 Å². The van der Waals surface area contributed by atoms with Crippen LogP contribution in [0.5, 0.6) is 0 Å². The molecule has 0 rings (SSSR count). The number of hydrogen-bond donors (Lipinski definition) is 0. The Bertz CT molecular complexity index is 1540. The van der Waals surface area contributed by atoms with Gasteiger partial charge in [-0.15, -0.1) is 0 Å². The minimum atomic E-state index is -0.786. The molecule has 0 aliphatic carbocycles. The molecular weight excluding hydrogens is 973 g/mol. The van der Waals surface area contributed by atoms with Gasteiger partial charge in [-0.25, -0.2) is 0 Å². The van der Waals surface area contributed by atoms with E-state index in [2.05, 4.69) is 118 Å². The summed E-state index contributed by atoms with van der Waals surface area (Å²) in [5.74, 6) is -0.887. The lowest BCUT2D eigenvalue weighted by molar-refractivity contribution is -0.167. The summed E-state index contributed by atoms with van der Waals surface area (Å²) in [5, 5.41) is 0. The Labute approximate surface area is 489 Å². The lowest BCUT2D eigenvalue weighted by Gasteiger charge is -2.18. The molecule has 0 aromatic heterocycles. The molecule has 0 radical (unpaired) electrons. The van der Waals surface area contributed by atoms with E-state index < -0.39 is 6.10 Å². The molecule has 0 bridgehead atoms. The Hall–Kier alpha value is -3.67. The summed E-state index contributed by atoms with van der Waals surface area (Å²) in [4.78, 5) is 38.3. The Balaban J connectivity index is 4.20. The van der Waals surface area contributed by atoms with Gasteiger partial charge < -0.3 is 14.2 Å². The van der Waals surface area contributed by atoms with Crippen LogP contribution < -0.4 is 0 Å². The van der Waals surface area contributed by atoms with E-state index in [9.17, 15) is 14.4 Å². The number of allylic oxidation sites excluding steroid dienone is 16. The van der Waals surface area contributed by atoms with E-state index in [0.717, 1.165) is 116 Å². The first kappa shape index (κ1) is 75.3. The van der Waals surface area contributed by atoms with E-state index in [0.29, 0.717) is 19.3 Å². The summed E-state index contributed by atoms with van der Waals surface area (Å²) >= 11 is 0. The highest BCUT2D eigenvalue weighted by molar-refractivity contribution is 5.71. The standard InChI is InChI=1S/C73H126O6/c1-4-7-10-13-16-19-22-25-27-29-30-31-32-33-34-35-36-37-38-39-40-41-42-44-45-48-51-54-57-60-63-66-72(75)78-69-70(68-77-71(74)65-62-59-56-53-50-47-24-21-18-15-12-9-6-3)79-73(76)67-64-61-58-55-52-49-46-43-28-26-23-20-17-14-11-8-5-2/h7-8,10-11,16-17,19-21,24-28,30-31,70H,4-6,9,12-15,18,22-23,29,32-69H2,1-3H3/b10-7-,11-8-,19-16-,20-17-,24-21-,27-25-,28-26-,31-30-. The predicted molar refractivity (Wildman–Crippen MR) is 344 cm³/mol. The molecule has 0 N–H and O–H groups in total. The molecule has 0 spiro atoms. The number of esters is 3. The van der Waals surface area contributed by atoms with Gasteiger partial charge in [0, 0.05) is 19.3 Å². The van der Waals surface area contributed by atoms with Gasteiger partial charge >= 0.3 is 17.9 Å². The van der Waals surface area contributed by atoms with Crippen molar-refractivity contribution < 1.29 is 28.6 Å². The van der Waals surface area contributed by atoms with Crippen molar-refractivity contribution in [2.24, 2.45) is 0 Å². The van der Waals surface area contributed by atoms with Crippen molar-refractivity contribution in [1.82, 2.24) is 0 Å². The van der Waals surface area contributed by atoms with Gasteiger partial charge in [0.05, 0.1) is 0 Å². The maximum absolute atomic E-state index is 12.9. The Morgan fingerprint density at radius 3 is 0.785 bits per heavy atom. The molecule has 0 saturated heterocycles. The zero-order valence-corrected chi connectivity index (χ0v) is 52.1. The second-order valence-electron chi connectivity index (χ2n) is 22.3. The number of rotatable bonds is 61. The number of carbonyl (C=O) groups is 3. The van der Waals surface area contributed by atoms with Gasteiger partial charge in [0.25, 0.3) is 0 Å².